The number of amides is 2. The van der Waals surface area contributed by atoms with Gasteiger partial charge in [-0.15, -0.1) is 11.3 Å². The zero-order valence-corrected chi connectivity index (χ0v) is 22.2. The molecular formula is C25H30N4O6S2. The average Bonchev–Trinajstić information content (AvgIpc) is 3.52. The number of ether oxygens (including phenoxy) is 1. The number of alkyl carbamates (subject to hydrolysis) is 1. The highest BCUT2D eigenvalue weighted by Crippen LogP contribution is 2.25. The normalized spacial score (nSPS) is 17.5. The van der Waals surface area contributed by atoms with Crippen LogP contribution in [0.4, 0.5) is 4.79 Å². The fourth-order valence-corrected chi connectivity index (χ4v) is 6.56. The quantitative estimate of drug-likeness (QED) is 0.335. The Morgan fingerprint density at radius 3 is 2.68 bits per heavy atom. The summed E-state index contributed by atoms with van der Waals surface area (Å²) in [6.45, 7) is 3.75. The molecule has 12 heteroatoms. The summed E-state index contributed by atoms with van der Waals surface area (Å²) in [5, 5.41) is 16.5. The molecule has 0 saturated carbocycles. The van der Waals surface area contributed by atoms with Gasteiger partial charge in [0.15, 0.2) is 6.10 Å². The Morgan fingerprint density at radius 2 is 2.00 bits per heavy atom. The van der Waals surface area contributed by atoms with Gasteiger partial charge in [0.1, 0.15) is 0 Å². The van der Waals surface area contributed by atoms with Gasteiger partial charge < -0.3 is 20.5 Å². The highest BCUT2D eigenvalue weighted by Gasteiger charge is 2.35. The second kappa shape index (κ2) is 11.5. The zero-order valence-electron chi connectivity index (χ0n) is 20.5. The van der Waals surface area contributed by atoms with Crippen LogP contribution in [0.5, 0.6) is 0 Å². The number of carbonyl (C=O) groups is 2. The van der Waals surface area contributed by atoms with Gasteiger partial charge in [-0.1, -0.05) is 44.2 Å². The molecule has 3 atom stereocenters. The van der Waals surface area contributed by atoms with Gasteiger partial charge in [0.2, 0.25) is 10.0 Å². The molecule has 0 unspecified atom stereocenters. The molecule has 1 aliphatic heterocycles. The third kappa shape index (κ3) is 6.63. The van der Waals surface area contributed by atoms with Gasteiger partial charge in [-0.2, -0.15) is 4.31 Å². The number of aromatic nitrogens is 1. The Morgan fingerprint density at radius 1 is 1.24 bits per heavy atom. The van der Waals surface area contributed by atoms with Crippen molar-refractivity contribution in [2.75, 3.05) is 19.6 Å². The van der Waals surface area contributed by atoms with Gasteiger partial charge in [0.25, 0.3) is 5.91 Å². The largest absolute Gasteiger partial charge is 0.434 e. The van der Waals surface area contributed by atoms with E-state index in [0.29, 0.717) is 5.52 Å². The summed E-state index contributed by atoms with van der Waals surface area (Å²) in [6.07, 6.45) is -2.70. The molecule has 0 bridgehead atoms. The maximum absolute atomic E-state index is 13.7. The molecule has 2 aromatic carbocycles. The Bertz CT molecular complexity index is 1350. The molecule has 198 valence electrons. The Labute approximate surface area is 219 Å². The first-order valence-electron chi connectivity index (χ1n) is 11.9. The lowest BCUT2D eigenvalue weighted by Crippen LogP contribution is -2.53. The van der Waals surface area contributed by atoms with Gasteiger partial charge >= 0.3 is 6.09 Å². The van der Waals surface area contributed by atoms with Gasteiger partial charge in [-0.25, -0.2) is 18.2 Å². The molecule has 1 aliphatic rings. The first-order chi connectivity index (χ1) is 17.6. The summed E-state index contributed by atoms with van der Waals surface area (Å²) in [4.78, 5) is 28.5. The predicted molar refractivity (Wildman–Crippen MR) is 140 cm³/mol. The number of nitrogens with zero attached hydrogens (tertiary/aromatic N) is 2. The average molecular weight is 547 g/mol. The van der Waals surface area contributed by atoms with Crippen molar-refractivity contribution in [2.24, 2.45) is 5.92 Å². The summed E-state index contributed by atoms with van der Waals surface area (Å²) in [5.74, 6) is -0.576. The van der Waals surface area contributed by atoms with Gasteiger partial charge in [0.05, 0.1) is 39.3 Å². The number of sulfonamides is 1. The Balaban J connectivity index is 1.58. The van der Waals surface area contributed by atoms with E-state index in [0.717, 1.165) is 10.3 Å². The maximum atomic E-state index is 13.7. The van der Waals surface area contributed by atoms with Crippen LogP contribution in [0.2, 0.25) is 0 Å². The lowest BCUT2D eigenvalue weighted by atomic mass is 10.0. The summed E-state index contributed by atoms with van der Waals surface area (Å²) >= 11 is 1.35. The molecule has 0 radical (unpaired) electrons. The third-order valence-corrected chi connectivity index (χ3v) is 8.58. The minimum Gasteiger partial charge on any atom is -0.434 e. The van der Waals surface area contributed by atoms with Crippen LogP contribution in [0.25, 0.3) is 10.2 Å². The molecule has 4 rings (SSSR count). The molecule has 2 heterocycles. The number of aliphatic hydroxyl groups is 1. The van der Waals surface area contributed by atoms with Crippen LogP contribution < -0.4 is 10.6 Å². The summed E-state index contributed by atoms with van der Waals surface area (Å²) in [7, 11) is -3.96. The van der Waals surface area contributed by atoms with E-state index >= 15 is 0 Å². The smallest absolute Gasteiger partial charge is 0.408 e. The number of hydrogen-bond acceptors (Lipinski definition) is 8. The molecular weight excluding hydrogens is 516 g/mol. The van der Waals surface area contributed by atoms with Gasteiger partial charge in [0, 0.05) is 13.1 Å². The number of fused-ring (bicyclic) bond motifs is 1. The van der Waals surface area contributed by atoms with Crippen molar-refractivity contribution in [3.05, 3.63) is 59.6 Å². The van der Waals surface area contributed by atoms with E-state index in [-0.39, 0.29) is 36.9 Å². The number of thiazole rings is 1. The molecule has 1 fully saturated rings. The third-order valence-electron chi connectivity index (χ3n) is 5.96. The minimum atomic E-state index is -3.96. The molecule has 37 heavy (non-hydrogen) atoms. The fraction of sp³-hybridized carbons (Fsp3) is 0.400. The molecule has 0 aliphatic carbocycles. The highest BCUT2D eigenvalue weighted by molar-refractivity contribution is 7.89. The fourth-order valence-electron chi connectivity index (χ4n) is 4.12. The Hall–Kier alpha value is -3.06. The van der Waals surface area contributed by atoms with Crippen molar-refractivity contribution in [1.29, 1.82) is 0 Å². The first-order valence-corrected chi connectivity index (χ1v) is 14.3. The van der Waals surface area contributed by atoms with Gasteiger partial charge in [-0.3, -0.25) is 4.79 Å². The van der Waals surface area contributed by atoms with Crippen LogP contribution in [0.3, 0.4) is 0 Å². The van der Waals surface area contributed by atoms with E-state index in [2.05, 4.69) is 15.6 Å². The molecule has 3 N–H and O–H groups in total. The van der Waals surface area contributed by atoms with E-state index < -0.39 is 40.3 Å². The van der Waals surface area contributed by atoms with Crippen molar-refractivity contribution in [3.63, 3.8) is 0 Å². The second-order valence-electron chi connectivity index (χ2n) is 9.34. The topological polar surface area (TPSA) is 138 Å². The van der Waals surface area contributed by atoms with E-state index in [9.17, 15) is 23.1 Å². The van der Waals surface area contributed by atoms with Gasteiger partial charge in [-0.05, 0) is 36.1 Å². The number of hydrogen-bond donors (Lipinski definition) is 3. The highest BCUT2D eigenvalue weighted by atomic mass is 32.2. The summed E-state index contributed by atoms with van der Waals surface area (Å²) in [5.41, 5.74) is 3.22. The second-order valence-corrected chi connectivity index (χ2v) is 12.2. The predicted octanol–water partition coefficient (Wildman–Crippen LogP) is 2.14. The SMILES string of the molecule is CC(C)CN(C[C@@H](O)[C@H](Cc1ccccc1)NC(=O)[C@@H]1CNC(=O)O1)S(=O)(=O)c1ccc2ncsc2c1. The Kier molecular flexibility index (Phi) is 8.42. The molecule has 0 spiro atoms. The van der Waals surface area contributed by atoms with E-state index in [1.165, 1.54) is 21.7 Å². The number of rotatable bonds is 11. The van der Waals surface area contributed by atoms with Crippen LogP contribution in [-0.4, -0.2) is 72.7 Å². The monoisotopic (exact) mass is 546 g/mol. The number of nitrogens with one attached hydrogen (secondary N) is 2. The van der Waals surface area contributed by atoms with Crippen LogP contribution >= 0.6 is 11.3 Å². The van der Waals surface area contributed by atoms with Crippen molar-refractivity contribution in [1.82, 2.24) is 19.9 Å². The van der Waals surface area contributed by atoms with E-state index in [1.807, 2.05) is 44.2 Å². The van der Waals surface area contributed by atoms with Crippen molar-refractivity contribution >= 4 is 43.6 Å². The standard InChI is InChI=1S/C25H30N4O6S2/c1-16(2)13-29(37(33,34)18-8-9-19-23(11-18)36-15-27-19)14-21(30)20(10-17-6-4-3-5-7-17)28-24(31)22-12-26-25(32)35-22/h3-9,11,15-16,20-22,30H,10,12-14H2,1-2H3,(H,26,32)(H,28,31)/t20-,21+,22-/m0/s1. The van der Waals surface area contributed by atoms with Crippen molar-refractivity contribution < 1.29 is 27.9 Å². The van der Waals surface area contributed by atoms with Crippen LogP contribution in [0, 0.1) is 5.92 Å². The number of carbonyl (C=O) groups excluding carboxylic acids is 2. The summed E-state index contributed by atoms with van der Waals surface area (Å²) < 4.78 is 34.3. The van der Waals surface area contributed by atoms with Crippen molar-refractivity contribution in [3.8, 4) is 0 Å². The molecule has 3 aromatic rings. The molecule has 10 nitrogen and oxygen atoms in total. The van der Waals surface area contributed by atoms with Crippen LogP contribution in [-0.2, 0) is 26.0 Å². The lowest BCUT2D eigenvalue weighted by molar-refractivity contribution is -0.129. The zero-order chi connectivity index (χ0) is 26.6. The van der Waals surface area contributed by atoms with E-state index in [4.69, 9.17) is 4.74 Å². The minimum absolute atomic E-state index is 0.0137. The van der Waals surface area contributed by atoms with E-state index in [1.54, 1.807) is 17.6 Å². The van der Waals surface area contributed by atoms with Crippen molar-refractivity contribution in [2.45, 2.75) is 43.4 Å². The molecule has 1 aromatic heterocycles. The number of benzene rings is 2. The number of cyclic esters (lactones) is 1. The number of aliphatic hydroxyl groups excluding tert-OH is 1. The first kappa shape index (κ1) is 27.0. The maximum Gasteiger partial charge on any atom is 0.408 e. The molecule has 2 amide bonds. The summed E-state index contributed by atoms with van der Waals surface area (Å²) in [6, 6.07) is 13.2. The molecule has 1 saturated heterocycles. The lowest BCUT2D eigenvalue weighted by Gasteiger charge is -2.31. The van der Waals surface area contributed by atoms with Crippen LogP contribution in [0.15, 0.2) is 58.9 Å². The van der Waals surface area contributed by atoms with Crippen LogP contribution in [0.1, 0.15) is 19.4 Å².